The maximum atomic E-state index is 13.1. The minimum Gasteiger partial charge on any atom is -0.390 e. The van der Waals surface area contributed by atoms with Gasteiger partial charge in [-0.05, 0) is 18.6 Å². The third-order valence-corrected chi connectivity index (χ3v) is 7.24. The normalized spacial score (nSPS) is 25.1. The number of amides is 2. The number of H-pyrrole nitrogens is 1. The molecule has 1 unspecified atom stereocenters. The number of rotatable bonds is 1. The highest BCUT2D eigenvalue weighted by Crippen LogP contribution is 2.46. The molecule has 3 heterocycles. The van der Waals surface area contributed by atoms with E-state index in [0.717, 1.165) is 21.8 Å². The number of imide groups is 1. The van der Waals surface area contributed by atoms with Crippen molar-refractivity contribution in [3.8, 4) is 0 Å². The monoisotopic (exact) mass is 441 g/mol. The van der Waals surface area contributed by atoms with E-state index in [0.29, 0.717) is 32.9 Å². The number of para-hydroxylation sites is 2. The molecule has 7 rings (SSSR count). The first-order valence-electron chi connectivity index (χ1n) is 10.9. The first-order valence-corrected chi connectivity index (χ1v) is 10.9. The lowest BCUT2D eigenvalue weighted by molar-refractivity contribution is -0.0241. The fraction of sp³-hybridized carbons (Fsp3) is 0.200. The Hall–Kier alpha value is -3.72. The highest BCUT2D eigenvalue weighted by molar-refractivity contribution is 6.39. The predicted molar refractivity (Wildman–Crippen MR) is 122 cm³/mol. The number of carbonyl (C=O) groups excluding carboxylic acids is 2. The van der Waals surface area contributed by atoms with E-state index in [9.17, 15) is 24.9 Å². The summed E-state index contributed by atoms with van der Waals surface area (Å²) < 4.78 is 1.91. The summed E-state index contributed by atoms with van der Waals surface area (Å²) >= 11 is 0. The molecule has 3 aromatic carbocycles. The SMILES string of the molecule is O=C1NC(=O)c2c1c1c3ccccc3[nH]c1c1c2c2ccccc2n1C1C[C@H](O)[C@@H](O)[C@H]1O. The van der Waals surface area contributed by atoms with Crippen molar-refractivity contribution in [2.24, 2.45) is 0 Å². The second kappa shape index (κ2) is 6.20. The second-order valence-corrected chi connectivity index (χ2v) is 8.92. The van der Waals surface area contributed by atoms with Crippen molar-refractivity contribution in [1.29, 1.82) is 0 Å². The molecule has 2 amide bonds. The Bertz CT molecular complexity index is 1680. The van der Waals surface area contributed by atoms with Crippen LogP contribution in [-0.4, -0.2) is 55.0 Å². The number of nitrogens with one attached hydrogen (secondary N) is 2. The first kappa shape index (κ1) is 18.8. The molecule has 33 heavy (non-hydrogen) atoms. The van der Waals surface area contributed by atoms with Crippen LogP contribution in [0.2, 0.25) is 0 Å². The molecular formula is C25H19N3O5. The van der Waals surface area contributed by atoms with Gasteiger partial charge in [-0.1, -0.05) is 36.4 Å². The van der Waals surface area contributed by atoms with Gasteiger partial charge in [-0.3, -0.25) is 14.9 Å². The van der Waals surface area contributed by atoms with Crippen molar-refractivity contribution in [2.75, 3.05) is 0 Å². The Morgan fingerprint density at radius 3 is 2.21 bits per heavy atom. The Morgan fingerprint density at radius 1 is 0.818 bits per heavy atom. The van der Waals surface area contributed by atoms with Gasteiger partial charge < -0.3 is 24.9 Å². The van der Waals surface area contributed by atoms with Crippen molar-refractivity contribution in [2.45, 2.75) is 30.8 Å². The van der Waals surface area contributed by atoms with Gasteiger partial charge >= 0.3 is 0 Å². The van der Waals surface area contributed by atoms with Crippen molar-refractivity contribution < 1.29 is 24.9 Å². The molecule has 1 fully saturated rings. The molecule has 5 aromatic rings. The Morgan fingerprint density at radius 2 is 1.48 bits per heavy atom. The van der Waals surface area contributed by atoms with Gasteiger partial charge in [-0.25, -0.2) is 0 Å². The minimum atomic E-state index is -1.27. The van der Waals surface area contributed by atoms with Crippen LogP contribution in [0.5, 0.6) is 0 Å². The van der Waals surface area contributed by atoms with E-state index in [4.69, 9.17) is 0 Å². The summed E-state index contributed by atoms with van der Waals surface area (Å²) in [5.41, 5.74) is 3.56. The third-order valence-electron chi connectivity index (χ3n) is 7.24. The second-order valence-electron chi connectivity index (χ2n) is 8.92. The standard InChI is InChI=1S/C25H19N3O5/c29-15-9-14(22(30)23(15)31)28-13-8-4-2-6-11(13)17-19-18(24(32)27-25(19)33)16-10-5-1-3-7-12(10)26-20(16)21(17)28/h1-8,14-15,22-23,26,29-31H,9H2,(H,27,32,33)/t14?,15-,22-,23+/m0/s1. The number of hydrogen-bond acceptors (Lipinski definition) is 5. The summed E-state index contributed by atoms with van der Waals surface area (Å²) in [5.74, 6) is -0.891. The number of hydrogen-bond donors (Lipinski definition) is 5. The smallest absolute Gasteiger partial charge is 0.259 e. The molecule has 8 heteroatoms. The molecule has 2 aromatic heterocycles. The molecule has 0 radical (unpaired) electrons. The van der Waals surface area contributed by atoms with Crippen molar-refractivity contribution in [3.63, 3.8) is 0 Å². The number of aliphatic hydroxyl groups excluding tert-OH is 3. The van der Waals surface area contributed by atoms with Crippen LogP contribution < -0.4 is 5.32 Å². The lowest BCUT2D eigenvalue weighted by Crippen LogP contribution is -2.31. The summed E-state index contributed by atoms with van der Waals surface area (Å²) in [6.45, 7) is 0. The zero-order chi connectivity index (χ0) is 22.6. The summed E-state index contributed by atoms with van der Waals surface area (Å²) in [4.78, 5) is 29.4. The van der Waals surface area contributed by atoms with Crippen LogP contribution in [0.3, 0.4) is 0 Å². The Kier molecular flexibility index (Phi) is 3.53. The molecule has 0 bridgehead atoms. The van der Waals surface area contributed by atoms with Crippen LogP contribution in [0.25, 0.3) is 43.6 Å². The van der Waals surface area contributed by atoms with Gasteiger partial charge in [0.15, 0.2) is 0 Å². The molecule has 1 aliphatic carbocycles. The van der Waals surface area contributed by atoms with E-state index in [1.54, 1.807) is 0 Å². The van der Waals surface area contributed by atoms with Crippen molar-refractivity contribution >= 4 is 55.4 Å². The maximum Gasteiger partial charge on any atom is 0.259 e. The van der Waals surface area contributed by atoms with E-state index in [-0.39, 0.29) is 6.42 Å². The first-order chi connectivity index (χ1) is 16.0. The van der Waals surface area contributed by atoms with Crippen LogP contribution in [-0.2, 0) is 0 Å². The van der Waals surface area contributed by atoms with Crippen LogP contribution in [0.1, 0.15) is 33.2 Å². The number of carbonyl (C=O) groups is 2. The quantitative estimate of drug-likeness (QED) is 0.255. The highest BCUT2D eigenvalue weighted by Gasteiger charge is 2.44. The highest BCUT2D eigenvalue weighted by atomic mass is 16.4. The van der Waals surface area contributed by atoms with Gasteiger partial charge in [0, 0.05) is 32.6 Å². The van der Waals surface area contributed by atoms with E-state index in [1.165, 1.54) is 0 Å². The van der Waals surface area contributed by atoms with Crippen LogP contribution in [0.15, 0.2) is 48.5 Å². The Labute approximate surface area is 186 Å². The van der Waals surface area contributed by atoms with E-state index >= 15 is 0 Å². The molecule has 4 atom stereocenters. The number of nitrogens with zero attached hydrogens (tertiary/aromatic N) is 1. The van der Waals surface area contributed by atoms with Crippen LogP contribution in [0, 0.1) is 0 Å². The molecule has 1 aliphatic heterocycles. The molecular weight excluding hydrogens is 422 g/mol. The lowest BCUT2D eigenvalue weighted by Gasteiger charge is -2.21. The van der Waals surface area contributed by atoms with Gasteiger partial charge in [0.1, 0.15) is 12.2 Å². The topological polar surface area (TPSA) is 128 Å². The van der Waals surface area contributed by atoms with Crippen LogP contribution in [0.4, 0.5) is 0 Å². The molecule has 0 spiro atoms. The van der Waals surface area contributed by atoms with E-state index < -0.39 is 36.2 Å². The van der Waals surface area contributed by atoms with Crippen LogP contribution >= 0.6 is 0 Å². The number of benzene rings is 3. The fourth-order valence-corrected chi connectivity index (χ4v) is 5.86. The number of aromatic nitrogens is 2. The minimum absolute atomic E-state index is 0.153. The zero-order valence-corrected chi connectivity index (χ0v) is 17.2. The predicted octanol–water partition coefficient (Wildman–Crippen LogP) is 2.34. The number of aromatic amines is 1. The third kappa shape index (κ3) is 2.20. The summed E-state index contributed by atoms with van der Waals surface area (Å²) in [6.07, 6.45) is -3.38. The van der Waals surface area contributed by atoms with Gasteiger partial charge in [0.25, 0.3) is 11.8 Å². The zero-order valence-electron chi connectivity index (χ0n) is 17.2. The average Bonchev–Trinajstić information content (AvgIpc) is 3.51. The molecule has 2 aliphatic rings. The summed E-state index contributed by atoms with van der Waals surface area (Å²) in [7, 11) is 0. The van der Waals surface area contributed by atoms with E-state index in [1.807, 2.05) is 53.1 Å². The number of fused-ring (bicyclic) bond motifs is 10. The Balaban J connectivity index is 1.77. The molecule has 164 valence electrons. The molecule has 0 saturated heterocycles. The van der Waals surface area contributed by atoms with E-state index in [2.05, 4.69) is 10.3 Å². The van der Waals surface area contributed by atoms with Crippen molar-refractivity contribution in [3.05, 3.63) is 59.7 Å². The molecule has 8 nitrogen and oxygen atoms in total. The molecule has 1 saturated carbocycles. The lowest BCUT2D eigenvalue weighted by atomic mass is 9.96. The average molecular weight is 441 g/mol. The largest absolute Gasteiger partial charge is 0.390 e. The molecule has 5 N–H and O–H groups in total. The van der Waals surface area contributed by atoms with Gasteiger partial charge in [0.05, 0.1) is 34.3 Å². The summed E-state index contributed by atoms with van der Waals surface area (Å²) in [5, 5.41) is 36.8. The summed E-state index contributed by atoms with van der Waals surface area (Å²) in [6, 6.07) is 14.4. The van der Waals surface area contributed by atoms with Gasteiger partial charge in [-0.2, -0.15) is 0 Å². The van der Waals surface area contributed by atoms with Gasteiger partial charge in [-0.15, -0.1) is 0 Å². The maximum absolute atomic E-state index is 13.1. The van der Waals surface area contributed by atoms with Gasteiger partial charge in [0.2, 0.25) is 0 Å². The van der Waals surface area contributed by atoms with Crippen molar-refractivity contribution in [1.82, 2.24) is 14.9 Å². The fourth-order valence-electron chi connectivity index (χ4n) is 5.86. The number of aliphatic hydroxyl groups is 3.